The van der Waals surface area contributed by atoms with Gasteiger partial charge in [0.15, 0.2) is 14.9 Å². The van der Waals surface area contributed by atoms with Crippen molar-refractivity contribution in [3.63, 3.8) is 0 Å². The number of hydrogen-bond donors (Lipinski definition) is 2. The third kappa shape index (κ3) is 4.50. The topological polar surface area (TPSA) is 136 Å². The Hall–Kier alpha value is -2.16. The third-order valence-electron chi connectivity index (χ3n) is 2.39. The summed E-state index contributed by atoms with van der Waals surface area (Å²) in [4.78, 5) is 27.2. The molecular weight excluding hydrogens is 284 g/mol. The second-order valence-corrected chi connectivity index (χ2v) is 6.37. The van der Waals surface area contributed by atoms with Crippen LogP contribution in [-0.4, -0.2) is 45.1 Å². The zero-order valence-electron chi connectivity index (χ0n) is 11.2. The van der Waals surface area contributed by atoms with Gasteiger partial charge in [-0.2, -0.15) is 0 Å². The third-order valence-corrected chi connectivity index (χ3v) is 3.36. The molecular formula is C11H16N4O4S. The van der Waals surface area contributed by atoms with E-state index in [2.05, 4.69) is 4.98 Å². The van der Waals surface area contributed by atoms with Crippen LogP contribution >= 0.6 is 0 Å². The number of aromatic nitrogens is 1. The maximum atomic E-state index is 11.6. The van der Waals surface area contributed by atoms with E-state index in [1.165, 1.54) is 24.1 Å². The van der Waals surface area contributed by atoms with Crippen LogP contribution in [0.15, 0.2) is 17.2 Å². The molecule has 1 rings (SSSR count). The Kier molecular flexibility index (Phi) is 4.66. The standard InChI is InChI=1S/C11H16N4O4S/c1-15(6-9(13)17)10-4-7(3-8(12)16)5-11(14-10)20(2,18)19/h4-5H,3,6H2,1-2H3,(H2,12,16)(H2,13,17). The lowest BCUT2D eigenvalue weighted by atomic mass is 10.2. The highest BCUT2D eigenvalue weighted by molar-refractivity contribution is 7.90. The smallest absolute Gasteiger partial charge is 0.236 e. The number of carbonyl (C=O) groups excluding carboxylic acids is 2. The quantitative estimate of drug-likeness (QED) is 0.651. The minimum Gasteiger partial charge on any atom is -0.369 e. The fraction of sp³-hybridized carbons (Fsp3) is 0.364. The van der Waals surface area contributed by atoms with E-state index >= 15 is 0 Å². The van der Waals surface area contributed by atoms with Crippen LogP contribution in [0.25, 0.3) is 0 Å². The molecule has 1 aromatic rings. The van der Waals surface area contributed by atoms with Gasteiger partial charge in [0.1, 0.15) is 5.82 Å². The molecule has 110 valence electrons. The van der Waals surface area contributed by atoms with Crippen molar-refractivity contribution in [2.45, 2.75) is 11.4 Å². The molecule has 0 bridgehead atoms. The summed E-state index contributed by atoms with van der Waals surface area (Å²) in [5.74, 6) is -0.961. The van der Waals surface area contributed by atoms with Gasteiger partial charge in [-0.3, -0.25) is 9.59 Å². The van der Waals surface area contributed by atoms with Crippen LogP contribution < -0.4 is 16.4 Å². The van der Waals surface area contributed by atoms with Crippen LogP contribution in [-0.2, 0) is 25.8 Å². The Morgan fingerprint density at radius 2 is 1.85 bits per heavy atom. The SMILES string of the molecule is CN(CC(N)=O)c1cc(CC(N)=O)cc(S(C)(=O)=O)n1. The highest BCUT2D eigenvalue weighted by atomic mass is 32.2. The average Bonchev–Trinajstić information content (AvgIpc) is 2.25. The summed E-state index contributed by atoms with van der Waals surface area (Å²) < 4.78 is 23.2. The number of primary amides is 2. The molecule has 0 aromatic carbocycles. The molecule has 20 heavy (non-hydrogen) atoms. The minimum absolute atomic E-state index is 0.123. The molecule has 0 aliphatic carbocycles. The molecule has 1 aromatic heterocycles. The summed E-state index contributed by atoms with van der Waals surface area (Å²) in [5.41, 5.74) is 10.6. The first-order valence-electron chi connectivity index (χ1n) is 5.58. The predicted molar refractivity (Wildman–Crippen MR) is 72.7 cm³/mol. The normalized spacial score (nSPS) is 11.1. The molecule has 0 radical (unpaired) electrons. The lowest BCUT2D eigenvalue weighted by Gasteiger charge is -2.17. The summed E-state index contributed by atoms with van der Waals surface area (Å²) in [6.07, 6.45) is 0.879. The number of carbonyl (C=O) groups is 2. The molecule has 0 saturated heterocycles. The monoisotopic (exact) mass is 300 g/mol. The Bertz CT molecular complexity index is 642. The molecule has 0 fully saturated rings. The van der Waals surface area contributed by atoms with Gasteiger partial charge in [-0.15, -0.1) is 0 Å². The molecule has 0 saturated carbocycles. The van der Waals surface area contributed by atoms with Crippen molar-refractivity contribution in [2.24, 2.45) is 11.5 Å². The number of rotatable bonds is 6. The Labute approximate surface area is 116 Å². The minimum atomic E-state index is -3.55. The number of nitrogens with two attached hydrogens (primary N) is 2. The number of hydrogen-bond acceptors (Lipinski definition) is 6. The lowest BCUT2D eigenvalue weighted by molar-refractivity contribution is -0.118. The first-order chi connectivity index (χ1) is 9.09. The van der Waals surface area contributed by atoms with Gasteiger partial charge in [0.2, 0.25) is 11.8 Å². The summed E-state index contributed by atoms with van der Waals surface area (Å²) in [5, 5.41) is -0.192. The Morgan fingerprint density at radius 3 is 2.30 bits per heavy atom. The molecule has 8 nitrogen and oxygen atoms in total. The van der Waals surface area contributed by atoms with E-state index in [-0.39, 0.29) is 23.8 Å². The summed E-state index contributed by atoms with van der Waals surface area (Å²) in [7, 11) is -2.02. The molecule has 0 atom stereocenters. The van der Waals surface area contributed by atoms with Gasteiger partial charge in [0.25, 0.3) is 0 Å². The lowest BCUT2D eigenvalue weighted by Crippen LogP contribution is -2.31. The Balaban J connectivity index is 3.29. The van der Waals surface area contributed by atoms with Crippen molar-refractivity contribution in [1.29, 1.82) is 0 Å². The van der Waals surface area contributed by atoms with Gasteiger partial charge in [-0.1, -0.05) is 0 Å². The summed E-state index contributed by atoms with van der Waals surface area (Å²) in [6, 6.07) is 2.77. The van der Waals surface area contributed by atoms with Crippen LogP contribution in [0.5, 0.6) is 0 Å². The van der Waals surface area contributed by atoms with Crippen LogP contribution in [0.2, 0.25) is 0 Å². The molecule has 9 heteroatoms. The highest BCUT2D eigenvalue weighted by Gasteiger charge is 2.15. The molecule has 0 aliphatic heterocycles. The van der Waals surface area contributed by atoms with Crippen molar-refractivity contribution < 1.29 is 18.0 Å². The molecule has 0 spiro atoms. The van der Waals surface area contributed by atoms with Gasteiger partial charge < -0.3 is 16.4 Å². The van der Waals surface area contributed by atoms with Gasteiger partial charge in [-0.05, 0) is 17.7 Å². The van der Waals surface area contributed by atoms with Gasteiger partial charge in [0.05, 0.1) is 13.0 Å². The van der Waals surface area contributed by atoms with E-state index in [0.29, 0.717) is 5.56 Å². The number of pyridine rings is 1. The molecule has 4 N–H and O–H groups in total. The molecule has 0 aliphatic rings. The van der Waals surface area contributed by atoms with Crippen molar-refractivity contribution in [1.82, 2.24) is 4.98 Å². The van der Waals surface area contributed by atoms with Crippen molar-refractivity contribution in [3.8, 4) is 0 Å². The zero-order valence-corrected chi connectivity index (χ0v) is 12.0. The first-order valence-corrected chi connectivity index (χ1v) is 7.47. The van der Waals surface area contributed by atoms with Crippen LogP contribution in [0.4, 0.5) is 5.82 Å². The van der Waals surface area contributed by atoms with Crippen LogP contribution in [0.3, 0.4) is 0 Å². The number of amides is 2. The largest absolute Gasteiger partial charge is 0.369 e. The second kappa shape index (κ2) is 5.87. The number of anilines is 1. The Morgan fingerprint density at radius 1 is 1.25 bits per heavy atom. The molecule has 1 heterocycles. The van der Waals surface area contributed by atoms with Crippen molar-refractivity contribution in [2.75, 3.05) is 24.7 Å². The fourth-order valence-corrected chi connectivity index (χ4v) is 2.17. The zero-order chi connectivity index (χ0) is 15.5. The average molecular weight is 300 g/mol. The van der Waals surface area contributed by atoms with Crippen LogP contribution in [0, 0.1) is 0 Å². The first kappa shape index (κ1) is 15.9. The van der Waals surface area contributed by atoms with Gasteiger partial charge in [-0.25, -0.2) is 13.4 Å². The summed E-state index contributed by atoms with van der Waals surface area (Å²) >= 11 is 0. The van der Waals surface area contributed by atoms with Crippen LogP contribution in [0.1, 0.15) is 5.56 Å². The van der Waals surface area contributed by atoms with E-state index in [1.54, 1.807) is 0 Å². The van der Waals surface area contributed by atoms with Crippen molar-refractivity contribution >= 4 is 27.5 Å². The maximum Gasteiger partial charge on any atom is 0.236 e. The van der Waals surface area contributed by atoms with E-state index in [9.17, 15) is 18.0 Å². The number of nitrogens with zero attached hydrogens (tertiary/aromatic N) is 2. The number of likely N-dealkylation sites (N-methyl/N-ethyl adjacent to an activating group) is 1. The fourth-order valence-electron chi connectivity index (χ4n) is 1.55. The molecule has 2 amide bonds. The maximum absolute atomic E-state index is 11.6. The molecule has 0 unspecified atom stereocenters. The van der Waals surface area contributed by atoms with Gasteiger partial charge >= 0.3 is 0 Å². The van der Waals surface area contributed by atoms with Gasteiger partial charge in [0, 0.05) is 13.3 Å². The predicted octanol–water partition coefficient (Wildman–Crippen LogP) is -1.57. The van der Waals surface area contributed by atoms with E-state index in [4.69, 9.17) is 11.5 Å². The number of sulfone groups is 1. The van der Waals surface area contributed by atoms with E-state index in [1.807, 2.05) is 0 Å². The highest BCUT2D eigenvalue weighted by Crippen LogP contribution is 2.17. The summed E-state index contributed by atoms with van der Waals surface area (Å²) in [6.45, 7) is -0.129. The van der Waals surface area contributed by atoms with Crippen molar-refractivity contribution in [3.05, 3.63) is 17.7 Å². The van der Waals surface area contributed by atoms with E-state index < -0.39 is 21.7 Å². The second-order valence-electron chi connectivity index (χ2n) is 4.41. The van der Waals surface area contributed by atoms with E-state index in [0.717, 1.165) is 6.26 Å².